The number of nitrogens with two attached hydrogens (primary N) is 1. The fourth-order valence-corrected chi connectivity index (χ4v) is 1.96. The molecule has 0 saturated heterocycles. The Labute approximate surface area is 126 Å². The van der Waals surface area contributed by atoms with E-state index in [2.05, 4.69) is 0 Å². The summed E-state index contributed by atoms with van der Waals surface area (Å²) in [5.74, 6) is -2.89. The summed E-state index contributed by atoms with van der Waals surface area (Å²) in [4.78, 5) is 13.7. The molecular formula is C15H12F2N2OS. The fourth-order valence-electron chi connectivity index (χ4n) is 1.83. The highest BCUT2D eigenvalue weighted by Gasteiger charge is 2.19. The van der Waals surface area contributed by atoms with Crippen molar-refractivity contribution in [2.75, 3.05) is 11.9 Å². The van der Waals surface area contributed by atoms with Crippen molar-refractivity contribution in [2.24, 2.45) is 5.73 Å². The molecule has 0 unspecified atom stereocenters. The van der Waals surface area contributed by atoms with Crippen LogP contribution in [0.1, 0.15) is 15.9 Å². The lowest BCUT2D eigenvalue weighted by molar-refractivity contribution is 0.0988. The average molecular weight is 306 g/mol. The number of hydrogen-bond acceptors (Lipinski definition) is 2. The number of nitrogens with zero attached hydrogens (tertiary/aromatic N) is 1. The van der Waals surface area contributed by atoms with Crippen LogP contribution in [0.25, 0.3) is 0 Å². The van der Waals surface area contributed by atoms with Crippen LogP contribution < -0.4 is 10.6 Å². The monoisotopic (exact) mass is 306 g/mol. The van der Waals surface area contributed by atoms with Gasteiger partial charge in [-0.05, 0) is 24.3 Å². The third-order valence-corrected chi connectivity index (χ3v) is 3.24. The Balaban J connectivity index is 2.37. The Morgan fingerprint density at radius 1 is 1.19 bits per heavy atom. The summed E-state index contributed by atoms with van der Waals surface area (Å²) in [7, 11) is 1.46. The van der Waals surface area contributed by atoms with E-state index < -0.39 is 17.5 Å². The molecule has 1 amide bonds. The largest absolute Gasteiger partial charge is 0.389 e. The molecule has 0 aliphatic rings. The Bertz CT molecular complexity index is 719. The molecule has 0 radical (unpaired) electrons. The van der Waals surface area contributed by atoms with Crippen molar-refractivity contribution >= 4 is 28.8 Å². The summed E-state index contributed by atoms with van der Waals surface area (Å²) in [6, 6.07) is 10.1. The van der Waals surface area contributed by atoms with Gasteiger partial charge in [0.1, 0.15) is 4.99 Å². The summed E-state index contributed by atoms with van der Waals surface area (Å²) in [5.41, 5.74) is 6.26. The first kappa shape index (κ1) is 15.1. The molecule has 0 aliphatic heterocycles. The van der Waals surface area contributed by atoms with Crippen LogP contribution in [-0.4, -0.2) is 17.9 Å². The van der Waals surface area contributed by atoms with Gasteiger partial charge in [0.2, 0.25) is 0 Å². The lowest BCUT2D eigenvalue weighted by Crippen LogP contribution is -2.27. The SMILES string of the molecule is CN(C(=O)c1cccc(F)c1F)c1cccc(C(N)=S)c1. The number of hydrogen-bond donors (Lipinski definition) is 1. The van der Waals surface area contributed by atoms with Crippen LogP contribution >= 0.6 is 12.2 Å². The zero-order valence-corrected chi connectivity index (χ0v) is 12.0. The molecule has 2 aromatic carbocycles. The Morgan fingerprint density at radius 3 is 2.52 bits per heavy atom. The molecule has 108 valence electrons. The van der Waals surface area contributed by atoms with Crippen molar-refractivity contribution in [3.05, 3.63) is 65.2 Å². The van der Waals surface area contributed by atoms with E-state index in [0.29, 0.717) is 11.3 Å². The zero-order chi connectivity index (χ0) is 15.6. The number of rotatable bonds is 3. The maximum Gasteiger partial charge on any atom is 0.261 e. The Kier molecular flexibility index (Phi) is 4.28. The topological polar surface area (TPSA) is 46.3 Å². The lowest BCUT2D eigenvalue weighted by Gasteiger charge is -2.18. The molecule has 0 spiro atoms. The van der Waals surface area contributed by atoms with Crippen molar-refractivity contribution in [3.8, 4) is 0 Å². The maximum atomic E-state index is 13.7. The van der Waals surface area contributed by atoms with E-state index in [-0.39, 0.29) is 10.6 Å². The molecule has 0 atom stereocenters. The molecule has 0 heterocycles. The predicted molar refractivity (Wildman–Crippen MR) is 81.4 cm³/mol. The summed E-state index contributed by atoms with van der Waals surface area (Å²) in [6.45, 7) is 0. The van der Waals surface area contributed by atoms with Gasteiger partial charge < -0.3 is 10.6 Å². The van der Waals surface area contributed by atoms with Crippen molar-refractivity contribution in [2.45, 2.75) is 0 Å². The van der Waals surface area contributed by atoms with E-state index in [0.717, 1.165) is 6.07 Å². The number of thiocarbonyl (C=S) groups is 1. The van der Waals surface area contributed by atoms with Gasteiger partial charge >= 0.3 is 0 Å². The molecule has 6 heteroatoms. The van der Waals surface area contributed by atoms with Gasteiger partial charge in [-0.1, -0.05) is 30.4 Å². The first-order valence-electron chi connectivity index (χ1n) is 6.03. The summed E-state index contributed by atoms with van der Waals surface area (Å²) in [5, 5.41) is 0. The number of anilines is 1. The number of carbonyl (C=O) groups is 1. The maximum absolute atomic E-state index is 13.7. The minimum Gasteiger partial charge on any atom is -0.389 e. The van der Waals surface area contributed by atoms with E-state index in [4.69, 9.17) is 18.0 Å². The number of carbonyl (C=O) groups excluding carboxylic acids is 1. The van der Waals surface area contributed by atoms with Gasteiger partial charge in [0.25, 0.3) is 5.91 Å². The molecule has 2 rings (SSSR count). The molecule has 3 nitrogen and oxygen atoms in total. The molecule has 0 fully saturated rings. The predicted octanol–water partition coefficient (Wildman–Crippen LogP) is 2.88. The van der Waals surface area contributed by atoms with Gasteiger partial charge in [0.05, 0.1) is 5.56 Å². The molecule has 2 N–H and O–H groups in total. The van der Waals surface area contributed by atoms with Crippen molar-refractivity contribution in [1.82, 2.24) is 0 Å². The number of benzene rings is 2. The standard InChI is InChI=1S/C15H12F2N2OS/c1-19(10-5-2-4-9(8-10)14(18)21)15(20)11-6-3-7-12(16)13(11)17/h2-8H,1H3,(H2,18,21). The second-order valence-corrected chi connectivity index (χ2v) is 4.82. The summed E-state index contributed by atoms with van der Waals surface area (Å²) in [6.07, 6.45) is 0. The van der Waals surface area contributed by atoms with E-state index in [9.17, 15) is 13.6 Å². The highest BCUT2D eigenvalue weighted by molar-refractivity contribution is 7.80. The molecule has 0 aromatic heterocycles. The highest BCUT2D eigenvalue weighted by atomic mass is 32.1. The van der Waals surface area contributed by atoms with Gasteiger partial charge in [-0.2, -0.15) is 0 Å². The van der Waals surface area contributed by atoms with E-state index in [1.165, 1.54) is 24.1 Å². The molecule has 0 saturated carbocycles. The molecule has 0 aliphatic carbocycles. The minimum absolute atomic E-state index is 0.189. The van der Waals surface area contributed by atoms with Crippen LogP contribution in [0.15, 0.2) is 42.5 Å². The molecule has 0 bridgehead atoms. The molecular weight excluding hydrogens is 294 g/mol. The Morgan fingerprint density at radius 2 is 1.86 bits per heavy atom. The highest BCUT2D eigenvalue weighted by Crippen LogP contribution is 2.19. The number of amides is 1. The first-order chi connectivity index (χ1) is 9.91. The van der Waals surface area contributed by atoms with Gasteiger partial charge in [-0.25, -0.2) is 8.78 Å². The molecule has 2 aromatic rings. The molecule has 21 heavy (non-hydrogen) atoms. The van der Waals surface area contributed by atoms with Gasteiger partial charge in [0.15, 0.2) is 11.6 Å². The normalized spacial score (nSPS) is 10.2. The summed E-state index contributed by atoms with van der Waals surface area (Å²) < 4.78 is 26.9. The van der Waals surface area contributed by atoms with Gasteiger partial charge in [-0.15, -0.1) is 0 Å². The van der Waals surface area contributed by atoms with Gasteiger partial charge in [-0.3, -0.25) is 4.79 Å². The van der Waals surface area contributed by atoms with Gasteiger partial charge in [0, 0.05) is 18.3 Å². The van der Waals surface area contributed by atoms with E-state index >= 15 is 0 Å². The van der Waals surface area contributed by atoms with Crippen LogP contribution in [0.4, 0.5) is 14.5 Å². The van der Waals surface area contributed by atoms with Crippen LogP contribution in [0.2, 0.25) is 0 Å². The van der Waals surface area contributed by atoms with Crippen LogP contribution in [0, 0.1) is 11.6 Å². The summed E-state index contributed by atoms with van der Waals surface area (Å²) >= 11 is 4.87. The third kappa shape index (κ3) is 3.05. The minimum atomic E-state index is -1.17. The third-order valence-electron chi connectivity index (χ3n) is 3.00. The number of halogens is 2. The smallest absolute Gasteiger partial charge is 0.261 e. The van der Waals surface area contributed by atoms with Crippen LogP contribution in [-0.2, 0) is 0 Å². The van der Waals surface area contributed by atoms with Crippen molar-refractivity contribution < 1.29 is 13.6 Å². The average Bonchev–Trinajstić information content (AvgIpc) is 2.48. The Hall–Kier alpha value is -2.34. The van der Waals surface area contributed by atoms with Crippen LogP contribution in [0.3, 0.4) is 0 Å². The zero-order valence-electron chi connectivity index (χ0n) is 11.1. The second-order valence-electron chi connectivity index (χ2n) is 4.38. The fraction of sp³-hybridized carbons (Fsp3) is 0.0667. The van der Waals surface area contributed by atoms with Crippen LogP contribution in [0.5, 0.6) is 0 Å². The second kappa shape index (κ2) is 5.97. The first-order valence-corrected chi connectivity index (χ1v) is 6.44. The van der Waals surface area contributed by atoms with E-state index in [1.807, 2.05) is 0 Å². The van der Waals surface area contributed by atoms with E-state index in [1.54, 1.807) is 24.3 Å². The van der Waals surface area contributed by atoms with Crippen molar-refractivity contribution in [1.29, 1.82) is 0 Å². The van der Waals surface area contributed by atoms with Crippen molar-refractivity contribution in [3.63, 3.8) is 0 Å². The lowest BCUT2D eigenvalue weighted by atomic mass is 10.1. The quantitative estimate of drug-likeness (QED) is 0.887.